The maximum atomic E-state index is 10.9. The summed E-state index contributed by atoms with van der Waals surface area (Å²) in [5, 5.41) is 8.56. The lowest BCUT2D eigenvalue weighted by Gasteiger charge is -2.16. The van der Waals surface area contributed by atoms with Gasteiger partial charge >= 0.3 is 6.03 Å². The van der Waals surface area contributed by atoms with E-state index < -0.39 is 0 Å². The standard InChI is InChI=1S/C10H17N3O/c1-6(2)11-7(3)5-9-8(4)12-10(14)13-9/h6,9,11H,3-5H2,1-2H3,(H2,12,13,14). The first-order valence-corrected chi connectivity index (χ1v) is 4.69. The van der Waals surface area contributed by atoms with Gasteiger partial charge in [0.05, 0.1) is 6.04 Å². The number of carbonyl (C=O) groups excluding carboxylic acids is 1. The van der Waals surface area contributed by atoms with Gasteiger partial charge in [0.15, 0.2) is 0 Å². The molecule has 0 aromatic heterocycles. The molecule has 0 spiro atoms. The van der Waals surface area contributed by atoms with E-state index in [-0.39, 0.29) is 12.1 Å². The van der Waals surface area contributed by atoms with Crippen molar-refractivity contribution in [3.8, 4) is 0 Å². The number of urea groups is 1. The fourth-order valence-corrected chi connectivity index (χ4v) is 1.40. The molecule has 0 aromatic rings. The van der Waals surface area contributed by atoms with Crippen molar-refractivity contribution in [3.05, 3.63) is 24.6 Å². The van der Waals surface area contributed by atoms with E-state index in [0.29, 0.717) is 18.2 Å². The third kappa shape index (κ3) is 2.80. The van der Waals surface area contributed by atoms with Crippen LogP contribution < -0.4 is 16.0 Å². The molecule has 14 heavy (non-hydrogen) atoms. The molecule has 0 saturated carbocycles. The summed E-state index contributed by atoms with van der Waals surface area (Å²) >= 11 is 0. The Kier molecular flexibility index (Phi) is 3.17. The van der Waals surface area contributed by atoms with E-state index in [1.54, 1.807) is 0 Å². The normalized spacial score (nSPS) is 20.6. The summed E-state index contributed by atoms with van der Waals surface area (Å²) in [7, 11) is 0. The Hall–Kier alpha value is -1.45. The van der Waals surface area contributed by atoms with Crippen LogP contribution in [-0.2, 0) is 0 Å². The van der Waals surface area contributed by atoms with Gasteiger partial charge in [-0.05, 0) is 13.8 Å². The van der Waals surface area contributed by atoms with Gasteiger partial charge in [0, 0.05) is 23.9 Å². The number of nitrogens with one attached hydrogen (secondary N) is 3. The average molecular weight is 195 g/mol. The van der Waals surface area contributed by atoms with Gasteiger partial charge in [0.1, 0.15) is 0 Å². The van der Waals surface area contributed by atoms with E-state index >= 15 is 0 Å². The highest BCUT2D eigenvalue weighted by atomic mass is 16.2. The Bertz CT molecular complexity index is 271. The predicted molar refractivity (Wildman–Crippen MR) is 56.6 cm³/mol. The van der Waals surface area contributed by atoms with Crippen molar-refractivity contribution >= 4 is 6.03 Å². The third-order valence-corrected chi connectivity index (χ3v) is 1.94. The summed E-state index contributed by atoms with van der Waals surface area (Å²) in [6.45, 7) is 11.7. The molecule has 0 aliphatic carbocycles. The quantitative estimate of drug-likeness (QED) is 0.629. The molecule has 1 heterocycles. The molecule has 1 atom stereocenters. The Balaban J connectivity index is 2.41. The van der Waals surface area contributed by atoms with E-state index in [1.807, 2.05) is 13.8 Å². The van der Waals surface area contributed by atoms with E-state index in [2.05, 4.69) is 29.1 Å². The minimum Gasteiger partial charge on any atom is -0.387 e. The summed E-state index contributed by atoms with van der Waals surface area (Å²) in [6, 6.07) is 0.138. The van der Waals surface area contributed by atoms with Gasteiger partial charge in [-0.2, -0.15) is 0 Å². The molecule has 1 aliphatic rings. The molecule has 0 bridgehead atoms. The molecule has 3 N–H and O–H groups in total. The molecular formula is C10H17N3O. The second-order valence-corrected chi connectivity index (χ2v) is 3.78. The lowest BCUT2D eigenvalue weighted by molar-refractivity contribution is 0.247. The first-order valence-electron chi connectivity index (χ1n) is 4.69. The molecule has 1 saturated heterocycles. The molecule has 1 aliphatic heterocycles. The highest BCUT2D eigenvalue weighted by Gasteiger charge is 2.24. The lowest BCUT2D eigenvalue weighted by Crippen LogP contribution is -2.30. The van der Waals surface area contributed by atoms with Gasteiger partial charge < -0.3 is 16.0 Å². The van der Waals surface area contributed by atoms with E-state index in [9.17, 15) is 4.79 Å². The molecule has 4 heteroatoms. The number of hydrogen-bond acceptors (Lipinski definition) is 2. The summed E-state index contributed by atoms with van der Waals surface area (Å²) < 4.78 is 0. The number of carbonyl (C=O) groups is 1. The summed E-state index contributed by atoms with van der Waals surface area (Å²) in [5.74, 6) is 0. The largest absolute Gasteiger partial charge is 0.387 e. The van der Waals surface area contributed by atoms with Crippen LogP contribution in [0.2, 0.25) is 0 Å². The monoisotopic (exact) mass is 195 g/mol. The van der Waals surface area contributed by atoms with Crippen molar-refractivity contribution in [3.63, 3.8) is 0 Å². The van der Waals surface area contributed by atoms with Crippen LogP contribution in [-0.4, -0.2) is 18.1 Å². The van der Waals surface area contributed by atoms with Crippen LogP contribution in [0, 0.1) is 0 Å². The van der Waals surface area contributed by atoms with Crippen LogP contribution in [0.15, 0.2) is 24.6 Å². The average Bonchev–Trinajstić information content (AvgIpc) is 2.28. The van der Waals surface area contributed by atoms with Gasteiger partial charge in [-0.15, -0.1) is 0 Å². The Morgan fingerprint density at radius 2 is 2.29 bits per heavy atom. The molecule has 0 aromatic carbocycles. The van der Waals surface area contributed by atoms with Gasteiger partial charge in [0.2, 0.25) is 0 Å². The van der Waals surface area contributed by atoms with Crippen molar-refractivity contribution in [2.45, 2.75) is 32.4 Å². The molecule has 1 fully saturated rings. The van der Waals surface area contributed by atoms with Crippen LogP contribution in [0.4, 0.5) is 4.79 Å². The second kappa shape index (κ2) is 4.17. The minimum absolute atomic E-state index is 0.0405. The number of hydrogen-bond donors (Lipinski definition) is 3. The Morgan fingerprint density at radius 3 is 2.71 bits per heavy atom. The zero-order valence-corrected chi connectivity index (χ0v) is 8.68. The van der Waals surface area contributed by atoms with Crippen molar-refractivity contribution in [2.24, 2.45) is 0 Å². The first kappa shape index (κ1) is 10.6. The highest BCUT2D eigenvalue weighted by molar-refractivity contribution is 5.80. The van der Waals surface area contributed by atoms with Crippen LogP contribution in [0.1, 0.15) is 20.3 Å². The van der Waals surface area contributed by atoms with Crippen molar-refractivity contribution < 1.29 is 4.79 Å². The SMILES string of the molecule is C=C(CC1NC(=O)NC1=C)NC(C)C. The maximum Gasteiger partial charge on any atom is 0.319 e. The maximum absolute atomic E-state index is 10.9. The summed E-state index contributed by atoms with van der Waals surface area (Å²) in [4.78, 5) is 10.9. The predicted octanol–water partition coefficient (Wildman–Crippen LogP) is 1.08. The molecule has 0 radical (unpaired) electrons. The van der Waals surface area contributed by atoms with E-state index in [0.717, 1.165) is 5.70 Å². The molecule has 1 rings (SSSR count). The zero-order valence-electron chi connectivity index (χ0n) is 8.68. The van der Waals surface area contributed by atoms with Gasteiger partial charge in [0.25, 0.3) is 0 Å². The molecular weight excluding hydrogens is 178 g/mol. The van der Waals surface area contributed by atoms with Gasteiger partial charge in [-0.25, -0.2) is 4.79 Å². The summed E-state index contributed by atoms with van der Waals surface area (Å²) in [6.07, 6.45) is 0.676. The smallest absolute Gasteiger partial charge is 0.319 e. The third-order valence-electron chi connectivity index (χ3n) is 1.94. The molecule has 1 unspecified atom stereocenters. The van der Waals surface area contributed by atoms with Crippen molar-refractivity contribution in [1.29, 1.82) is 0 Å². The molecule has 4 nitrogen and oxygen atoms in total. The van der Waals surface area contributed by atoms with Crippen LogP contribution in [0.5, 0.6) is 0 Å². The number of amides is 2. The Labute approximate surface area is 84.4 Å². The van der Waals surface area contributed by atoms with Crippen LogP contribution in [0.25, 0.3) is 0 Å². The van der Waals surface area contributed by atoms with Crippen LogP contribution in [0.3, 0.4) is 0 Å². The number of rotatable bonds is 4. The Morgan fingerprint density at radius 1 is 1.64 bits per heavy atom. The van der Waals surface area contributed by atoms with E-state index in [4.69, 9.17) is 0 Å². The van der Waals surface area contributed by atoms with Gasteiger partial charge in [-0.1, -0.05) is 13.2 Å². The fraction of sp³-hybridized carbons (Fsp3) is 0.500. The van der Waals surface area contributed by atoms with Crippen molar-refractivity contribution in [2.75, 3.05) is 0 Å². The van der Waals surface area contributed by atoms with Crippen LogP contribution >= 0.6 is 0 Å². The first-order chi connectivity index (χ1) is 6.49. The molecule has 78 valence electrons. The van der Waals surface area contributed by atoms with Gasteiger partial charge in [-0.3, -0.25) is 0 Å². The van der Waals surface area contributed by atoms with E-state index in [1.165, 1.54) is 0 Å². The lowest BCUT2D eigenvalue weighted by atomic mass is 10.1. The molecule has 2 amide bonds. The summed E-state index contributed by atoms with van der Waals surface area (Å²) in [5.41, 5.74) is 1.62. The fourth-order valence-electron chi connectivity index (χ4n) is 1.40. The second-order valence-electron chi connectivity index (χ2n) is 3.78. The van der Waals surface area contributed by atoms with Crippen molar-refractivity contribution in [1.82, 2.24) is 16.0 Å². The zero-order chi connectivity index (χ0) is 10.7. The highest BCUT2D eigenvalue weighted by Crippen LogP contribution is 2.11. The topological polar surface area (TPSA) is 53.2 Å². The minimum atomic E-state index is -0.183.